The third-order valence-corrected chi connectivity index (χ3v) is 5.14. The molecule has 3 rings (SSSR count). The number of aliphatic hydroxyl groups is 1. The molecule has 0 aliphatic rings. The molecule has 3 atom stereocenters. The van der Waals surface area contributed by atoms with Crippen molar-refractivity contribution in [2.75, 3.05) is 0 Å². The van der Waals surface area contributed by atoms with Gasteiger partial charge in [-0.25, -0.2) is 4.79 Å². The smallest absolute Gasteiger partial charge is 0.407 e. The van der Waals surface area contributed by atoms with E-state index in [-0.39, 0.29) is 0 Å². The highest BCUT2D eigenvalue weighted by Crippen LogP contribution is 2.18. The van der Waals surface area contributed by atoms with Crippen LogP contribution in [0.2, 0.25) is 0 Å². The van der Waals surface area contributed by atoms with Gasteiger partial charge in [0.1, 0.15) is 5.60 Å². The number of nitrogens with one attached hydrogen (secondary N) is 1. The van der Waals surface area contributed by atoms with Crippen LogP contribution in [-0.4, -0.2) is 35.0 Å². The second-order valence-electron chi connectivity index (χ2n) is 8.98. The van der Waals surface area contributed by atoms with Crippen molar-refractivity contribution in [1.82, 2.24) is 5.32 Å². The van der Waals surface area contributed by atoms with Crippen LogP contribution < -0.4 is 11.1 Å². The number of aliphatic hydroxyl groups excluding tert-OH is 1. The first kappa shape index (κ1) is 22.8. The molecule has 3 aromatic carbocycles. The summed E-state index contributed by atoms with van der Waals surface area (Å²) in [4.78, 5) is 12.4. The van der Waals surface area contributed by atoms with E-state index < -0.39 is 29.9 Å². The van der Waals surface area contributed by atoms with Gasteiger partial charge in [-0.2, -0.15) is 0 Å². The first-order valence-corrected chi connectivity index (χ1v) is 10.7. The van der Waals surface area contributed by atoms with Crippen LogP contribution in [0.5, 0.6) is 0 Å². The van der Waals surface area contributed by atoms with Crippen LogP contribution in [0.1, 0.15) is 31.9 Å². The quantitative estimate of drug-likeness (QED) is 0.535. The molecule has 0 unspecified atom stereocenters. The van der Waals surface area contributed by atoms with E-state index in [9.17, 15) is 9.90 Å². The molecule has 4 N–H and O–H groups in total. The molecule has 0 radical (unpaired) electrons. The zero-order valence-electron chi connectivity index (χ0n) is 18.4. The molecule has 0 saturated carbocycles. The molecule has 0 saturated heterocycles. The number of benzene rings is 3. The lowest BCUT2D eigenvalue weighted by Gasteiger charge is -2.30. The van der Waals surface area contributed by atoms with Crippen LogP contribution >= 0.6 is 0 Å². The number of amides is 1. The van der Waals surface area contributed by atoms with Crippen LogP contribution in [0.4, 0.5) is 4.79 Å². The number of alkyl carbamates (subject to hydrolysis) is 1. The summed E-state index contributed by atoms with van der Waals surface area (Å²) in [6.07, 6.45) is -0.565. The van der Waals surface area contributed by atoms with Crippen molar-refractivity contribution in [3.05, 3.63) is 83.9 Å². The van der Waals surface area contributed by atoms with Crippen LogP contribution in [0.25, 0.3) is 10.8 Å². The van der Waals surface area contributed by atoms with Crippen LogP contribution in [0.15, 0.2) is 72.8 Å². The SMILES string of the molecule is CC(C)(C)OC(=O)N[C@H](Cc1ccccc1)[C@@H](O)[C@H](N)Cc1ccc2ccccc2c1. The molecule has 0 aromatic heterocycles. The first-order valence-electron chi connectivity index (χ1n) is 10.7. The monoisotopic (exact) mass is 420 g/mol. The number of hydrogen-bond acceptors (Lipinski definition) is 4. The molecule has 0 spiro atoms. The predicted octanol–water partition coefficient (Wildman–Crippen LogP) is 4.21. The van der Waals surface area contributed by atoms with Crippen LogP contribution in [0.3, 0.4) is 0 Å². The Balaban J connectivity index is 1.74. The number of rotatable bonds is 7. The maximum Gasteiger partial charge on any atom is 0.407 e. The summed E-state index contributed by atoms with van der Waals surface area (Å²) in [6.45, 7) is 5.42. The molecule has 3 aromatic rings. The summed E-state index contributed by atoms with van der Waals surface area (Å²) in [5, 5.41) is 16.2. The maximum atomic E-state index is 12.4. The number of ether oxygens (including phenoxy) is 1. The Morgan fingerprint density at radius 2 is 1.58 bits per heavy atom. The summed E-state index contributed by atoms with van der Waals surface area (Å²) in [7, 11) is 0. The van der Waals surface area contributed by atoms with Gasteiger partial charge >= 0.3 is 6.09 Å². The zero-order valence-corrected chi connectivity index (χ0v) is 18.4. The lowest BCUT2D eigenvalue weighted by molar-refractivity contribution is 0.0392. The summed E-state index contributed by atoms with van der Waals surface area (Å²) in [5.74, 6) is 0. The van der Waals surface area contributed by atoms with Gasteiger partial charge in [0.15, 0.2) is 0 Å². The van der Waals surface area contributed by atoms with Gasteiger partial charge in [-0.05, 0) is 55.5 Å². The molecule has 0 bridgehead atoms. The van der Waals surface area contributed by atoms with Gasteiger partial charge in [0.2, 0.25) is 0 Å². The molecule has 1 amide bonds. The molecule has 5 nitrogen and oxygen atoms in total. The van der Waals surface area contributed by atoms with Crippen LogP contribution in [-0.2, 0) is 17.6 Å². The lowest BCUT2D eigenvalue weighted by Crippen LogP contribution is -2.53. The Kier molecular flexibility index (Phi) is 7.31. The standard InChI is InChI=1S/C26H32N2O3/c1-26(2,3)31-25(30)28-23(17-18-9-5-4-6-10-18)24(29)22(27)16-19-13-14-20-11-7-8-12-21(20)15-19/h4-15,22-24,29H,16-17,27H2,1-3H3,(H,28,30)/t22-,23-,24+/m1/s1. The number of nitrogens with two attached hydrogens (primary N) is 1. The largest absolute Gasteiger partial charge is 0.444 e. The second-order valence-corrected chi connectivity index (χ2v) is 8.98. The van der Waals surface area contributed by atoms with Crippen molar-refractivity contribution in [1.29, 1.82) is 0 Å². The van der Waals surface area contributed by atoms with Gasteiger partial charge in [-0.1, -0.05) is 72.8 Å². The number of hydrogen-bond donors (Lipinski definition) is 3. The lowest BCUT2D eigenvalue weighted by atomic mass is 9.92. The minimum Gasteiger partial charge on any atom is -0.444 e. The summed E-state index contributed by atoms with van der Waals surface area (Å²) in [6, 6.07) is 22.9. The Morgan fingerprint density at radius 1 is 0.935 bits per heavy atom. The summed E-state index contributed by atoms with van der Waals surface area (Å²) >= 11 is 0. The zero-order chi connectivity index (χ0) is 22.4. The molecule has 0 heterocycles. The molecule has 0 aliphatic carbocycles. The Labute approximate surface area is 184 Å². The molecule has 31 heavy (non-hydrogen) atoms. The predicted molar refractivity (Wildman–Crippen MR) is 125 cm³/mol. The molecular formula is C26H32N2O3. The topological polar surface area (TPSA) is 84.6 Å². The van der Waals surface area contributed by atoms with E-state index in [0.29, 0.717) is 12.8 Å². The Bertz CT molecular complexity index is 998. The highest BCUT2D eigenvalue weighted by atomic mass is 16.6. The Hall–Kier alpha value is -2.89. The van der Waals surface area contributed by atoms with E-state index in [1.165, 1.54) is 0 Å². The van der Waals surface area contributed by atoms with Crippen molar-refractivity contribution < 1.29 is 14.6 Å². The van der Waals surface area contributed by atoms with E-state index in [1.807, 2.05) is 48.5 Å². The number of carbonyl (C=O) groups excluding carboxylic acids is 1. The van der Waals surface area contributed by atoms with E-state index in [1.54, 1.807) is 20.8 Å². The second kappa shape index (κ2) is 9.94. The van der Waals surface area contributed by atoms with Crippen LogP contribution in [0, 0.1) is 0 Å². The highest BCUT2D eigenvalue weighted by Gasteiger charge is 2.29. The first-order chi connectivity index (χ1) is 14.7. The number of carbonyl (C=O) groups is 1. The average Bonchev–Trinajstić information content (AvgIpc) is 2.72. The fourth-order valence-corrected chi connectivity index (χ4v) is 3.64. The summed E-state index contributed by atoms with van der Waals surface area (Å²) < 4.78 is 5.40. The van der Waals surface area contributed by atoms with Gasteiger partial charge in [-0.15, -0.1) is 0 Å². The highest BCUT2D eigenvalue weighted by molar-refractivity contribution is 5.83. The third kappa shape index (κ3) is 6.81. The molecular weight excluding hydrogens is 388 g/mol. The average molecular weight is 421 g/mol. The van der Waals surface area contributed by atoms with E-state index in [2.05, 4.69) is 29.6 Å². The third-order valence-electron chi connectivity index (χ3n) is 5.14. The normalized spacial score (nSPS) is 14.6. The number of fused-ring (bicyclic) bond motifs is 1. The molecule has 164 valence electrons. The van der Waals surface area contributed by atoms with Crippen molar-refractivity contribution in [2.24, 2.45) is 5.73 Å². The Morgan fingerprint density at radius 3 is 2.26 bits per heavy atom. The van der Waals surface area contributed by atoms with Gasteiger partial charge in [-0.3, -0.25) is 0 Å². The minimum absolute atomic E-state index is 0.451. The van der Waals surface area contributed by atoms with E-state index >= 15 is 0 Å². The van der Waals surface area contributed by atoms with Gasteiger partial charge in [0.05, 0.1) is 12.1 Å². The molecule has 5 heteroatoms. The minimum atomic E-state index is -0.945. The fraction of sp³-hybridized carbons (Fsp3) is 0.346. The van der Waals surface area contributed by atoms with Gasteiger partial charge in [0, 0.05) is 6.04 Å². The van der Waals surface area contributed by atoms with Gasteiger partial charge < -0.3 is 20.9 Å². The molecule has 0 fully saturated rings. The van der Waals surface area contributed by atoms with Crippen molar-refractivity contribution in [3.8, 4) is 0 Å². The van der Waals surface area contributed by atoms with E-state index in [4.69, 9.17) is 10.5 Å². The van der Waals surface area contributed by atoms with Crippen molar-refractivity contribution in [3.63, 3.8) is 0 Å². The van der Waals surface area contributed by atoms with E-state index in [0.717, 1.165) is 21.9 Å². The van der Waals surface area contributed by atoms with Gasteiger partial charge in [0.25, 0.3) is 0 Å². The summed E-state index contributed by atoms with van der Waals surface area (Å²) in [5.41, 5.74) is 7.83. The fourth-order valence-electron chi connectivity index (χ4n) is 3.64. The van der Waals surface area contributed by atoms with Crippen molar-refractivity contribution in [2.45, 2.75) is 57.4 Å². The maximum absolute atomic E-state index is 12.4. The van der Waals surface area contributed by atoms with Crippen molar-refractivity contribution >= 4 is 16.9 Å². The molecule has 0 aliphatic heterocycles.